The van der Waals surface area contributed by atoms with E-state index in [0.717, 1.165) is 0 Å². The Bertz CT molecular complexity index is 580. The monoisotopic (exact) mass is 259 g/mol. The number of nitrogens with one attached hydrogen (secondary N) is 3. The van der Waals surface area contributed by atoms with Crippen LogP contribution in [0.5, 0.6) is 0 Å². The summed E-state index contributed by atoms with van der Waals surface area (Å²) in [4.78, 5) is 26.8. The minimum absolute atomic E-state index is 0.144. The Morgan fingerprint density at radius 1 is 1.32 bits per heavy atom. The molecule has 2 aromatic heterocycles. The maximum Gasteiger partial charge on any atom is 0.256 e. The summed E-state index contributed by atoms with van der Waals surface area (Å²) in [5.74, 6) is 0.107. The lowest BCUT2D eigenvalue weighted by atomic mass is 10.2. The van der Waals surface area contributed by atoms with Crippen molar-refractivity contribution in [1.82, 2.24) is 20.5 Å². The van der Waals surface area contributed by atoms with E-state index in [1.54, 1.807) is 24.4 Å². The normalized spacial score (nSPS) is 9.95. The minimum Gasteiger partial charge on any atom is -0.351 e. The van der Waals surface area contributed by atoms with Crippen LogP contribution in [-0.4, -0.2) is 27.0 Å². The molecule has 2 heterocycles. The third kappa shape index (κ3) is 3.63. The zero-order valence-corrected chi connectivity index (χ0v) is 10.3. The molecule has 2 rings (SSSR count). The van der Waals surface area contributed by atoms with Gasteiger partial charge in [-0.2, -0.15) is 5.10 Å². The first-order chi connectivity index (χ1) is 9.15. The molecule has 19 heavy (non-hydrogen) atoms. The Balaban J connectivity index is 2.05. The lowest BCUT2D eigenvalue weighted by Crippen LogP contribution is -2.20. The SMILES string of the molecule is CC(=O)NCc1cc(C(=O)Nc2ccn[nH]2)ccn1. The predicted octanol–water partition coefficient (Wildman–Crippen LogP) is 0.693. The molecule has 0 bridgehead atoms. The maximum atomic E-state index is 11.9. The molecule has 0 spiro atoms. The van der Waals surface area contributed by atoms with Gasteiger partial charge < -0.3 is 10.6 Å². The second-order valence-corrected chi connectivity index (χ2v) is 3.87. The van der Waals surface area contributed by atoms with Crippen LogP contribution in [-0.2, 0) is 11.3 Å². The molecule has 0 atom stereocenters. The predicted molar refractivity (Wildman–Crippen MR) is 68.3 cm³/mol. The third-order valence-corrected chi connectivity index (χ3v) is 2.35. The molecule has 0 aliphatic heterocycles. The smallest absolute Gasteiger partial charge is 0.256 e. The summed E-state index contributed by atoms with van der Waals surface area (Å²) < 4.78 is 0. The summed E-state index contributed by atoms with van der Waals surface area (Å²) in [5, 5.41) is 11.7. The zero-order valence-electron chi connectivity index (χ0n) is 10.3. The molecule has 0 aromatic carbocycles. The molecular weight excluding hydrogens is 246 g/mol. The summed E-state index contributed by atoms with van der Waals surface area (Å²) in [6.07, 6.45) is 3.07. The largest absolute Gasteiger partial charge is 0.351 e. The number of carbonyl (C=O) groups is 2. The van der Waals surface area contributed by atoms with Crippen molar-refractivity contribution in [3.8, 4) is 0 Å². The van der Waals surface area contributed by atoms with Gasteiger partial charge in [0.25, 0.3) is 5.91 Å². The molecular formula is C12H13N5O2. The third-order valence-electron chi connectivity index (χ3n) is 2.35. The minimum atomic E-state index is -0.268. The Labute approximate surface area is 109 Å². The van der Waals surface area contributed by atoms with Gasteiger partial charge in [-0.3, -0.25) is 19.7 Å². The topological polar surface area (TPSA) is 99.8 Å². The van der Waals surface area contributed by atoms with Crippen LogP contribution in [0, 0.1) is 0 Å². The van der Waals surface area contributed by atoms with Crippen LogP contribution in [0.15, 0.2) is 30.6 Å². The van der Waals surface area contributed by atoms with Crippen molar-refractivity contribution < 1.29 is 9.59 Å². The van der Waals surface area contributed by atoms with E-state index in [1.165, 1.54) is 13.1 Å². The maximum absolute atomic E-state index is 11.9. The average molecular weight is 259 g/mol. The summed E-state index contributed by atoms with van der Waals surface area (Å²) >= 11 is 0. The van der Waals surface area contributed by atoms with Crippen molar-refractivity contribution in [2.45, 2.75) is 13.5 Å². The summed E-state index contributed by atoms with van der Waals surface area (Å²) in [6.45, 7) is 1.72. The molecule has 0 radical (unpaired) electrons. The number of carbonyl (C=O) groups excluding carboxylic acids is 2. The van der Waals surface area contributed by atoms with Crippen LogP contribution >= 0.6 is 0 Å². The van der Waals surface area contributed by atoms with E-state index in [9.17, 15) is 9.59 Å². The van der Waals surface area contributed by atoms with E-state index < -0.39 is 0 Å². The first kappa shape index (κ1) is 12.7. The summed E-state index contributed by atoms with van der Waals surface area (Å²) in [7, 11) is 0. The van der Waals surface area contributed by atoms with Crippen LogP contribution in [0.25, 0.3) is 0 Å². The molecule has 2 amide bonds. The van der Waals surface area contributed by atoms with Crippen molar-refractivity contribution in [2.75, 3.05) is 5.32 Å². The first-order valence-corrected chi connectivity index (χ1v) is 5.65. The van der Waals surface area contributed by atoms with Gasteiger partial charge in [-0.05, 0) is 12.1 Å². The van der Waals surface area contributed by atoms with Gasteiger partial charge in [0.2, 0.25) is 5.91 Å². The number of nitrogens with zero attached hydrogens (tertiary/aromatic N) is 2. The number of pyridine rings is 1. The van der Waals surface area contributed by atoms with Gasteiger partial charge in [-0.25, -0.2) is 0 Å². The Morgan fingerprint density at radius 2 is 2.16 bits per heavy atom. The number of amides is 2. The lowest BCUT2D eigenvalue weighted by Gasteiger charge is -2.05. The highest BCUT2D eigenvalue weighted by atomic mass is 16.2. The number of H-pyrrole nitrogens is 1. The molecule has 0 fully saturated rings. The molecule has 2 aromatic rings. The van der Waals surface area contributed by atoms with E-state index in [4.69, 9.17) is 0 Å². The van der Waals surface area contributed by atoms with Gasteiger partial charge in [0.05, 0.1) is 18.4 Å². The Kier molecular flexibility index (Phi) is 3.87. The lowest BCUT2D eigenvalue weighted by molar-refractivity contribution is -0.119. The number of aromatic amines is 1. The highest BCUT2D eigenvalue weighted by Gasteiger charge is 2.08. The molecule has 0 aliphatic carbocycles. The first-order valence-electron chi connectivity index (χ1n) is 5.65. The van der Waals surface area contributed by atoms with Crippen LogP contribution in [0.1, 0.15) is 23.0 Å². The van der Waals surface area contributed by atoms with Crippen molar-refractivity contribution >= 4 is 17.6 Å². The second-order valence-electron chi connectivity index (χ2n) is 3.87. The van der Waals surface area contributed by atoms with Crippen molar-refractivity contribution in [3.63, 3.8) is 0 Å². The molecule has 0 unspecified atom stereocenters. The quantitative estimate of drug-likeness (QED) is 0.752. The molecule has 7 nitrogen and oxygen atoms in total. The standard InChI is InChI=1S/C12H13N5O2/c1-8(18)14-7-10-6-9(2-4-13-10)12(19)16-11-3-5-15-17-11/h2-6H,7H2,1H3,(H,14,18)(H2,15,16,17,19). The molecule has 3 N–H and O–H groups in total. The van der Waals surface area contributed by atoms with E-state index in [1.807, 2.05) is 0 Å². The summed E-state index contributed by atoms with van der Waals surface area (Å²) in [6, 6.07) is 4.88. The van der Waals surface area contributed by atoms with Gasteiger partial charge in [-0.15, -0.1) is 0 Å². The molecule has 0 aliphatic rings. The highest BCUT2D eigenvalue weighted by Crippen LogP contribution is 2.06. The number of aromatic nitrogens is 3. The second kappa shape index (κ2) is 5.76. The molecule has 0 saturated heterocycles. The Morgan fingerprint density at radius 3 is 2.84 bits per heavy atom. The van der Waals surface area contributed by atoms with Crippen molar-refractivity contribution in [3.05, 3.63) is 41.9 Å². The van der Waals surface area contributed by atoms with E-state index in [-0.39, 0.29) is 11.8 Å². The van der Waals surface area contributed by atoms with E-state index in [0.29, 0.717) is 23.6 Å². The molecule has 98 valence electrons. The average Bonchev–Trinajstić information content (AvgIpc) is 2.89. The fourth-order valence-corrected chi connectivity index (χ4v) is 1.45. The van der Waals surface area contributed by atoms with E-state index >= 15 is 0 Å². The van der Waals surface area contributed by atoms with Gasteiger partial charge in [0, 0.05) is 24.8 Å². The van der Waals surface area contributed by atoms with Crippen LogP contribution in [0.4, 0.5) is 5.82 Å². The molecule has 0 saturated carbocycles. The zero-order chi connectivity index (χ0) is 13.7. The van der Waals surface area contributed by atoms with Crippen molar-refractivity contribution in [2.24, 2.45) is 0 Å². The molecule has 7 heteroatoms. The highest BCUT2D eigenvalue weighted by molar-refractivity contribution is 6.03. The van der Waals surface area contributed by atoms with Crippen LogP contribution in [0.2, 0.25) is 0 Å². The number of rotatable bonds is 4. The van der Waals surface area contributed by atoms with Crippen molar-refractivity contribution in [1.29, 1.82) is 0 Å². The fourth-order valence-electron chi connectivity index (χ4n) is 1.45. The van der Waals surface area contributed by atoms with Crippen LogP contribution in [0.3, 0.4) is 0 Å². The van der Waals surface area contributed by atoms with Gasteiger partial charge >= 0.3 is 0 Å². The fraction of sp³-hybridized carbons (Fsp3) is 0.167. The number of anilines is 1. The van der Waals surface area contributed by atoms with Gasteiger partial charge in [-0.1, -0.05) is 0 Å². The van der Waals surface area contributed by atoms with E-state index in [2.05, 4.69) is 25.8 Å². The summed E-state index contributed by atoms with van der Waals surface area (Å²) in [5.41, 5.74) is 1.08. The number of hydrogen-bond donors (Lipinski definition) is 3. The number of hydrogen-bond acceptors (Lipinski definition) is 4. The Hall–Kier alpha value is -2.70. The van der Waals surface area contributed by atoms with Gasteiger partial charge in [0.1, 0.15) is 5.82 Å². The van der Waals surface area contributed by atoms with Gasteiger partial charge in [0.15, 0.2) is 0 Å². The van der Waals surface area contributed by atoms with Crippen LogP contribution < -0.4 is 10.6 Å².